The highest BCUT2D eigenvalue weighted by Gasteiger charge is 2.33. The molecule has 1 aromatic heterocycles. The molecule has 2 aromatic rings. The van der Waals surface area contributed by atoms with Crippen LogP contribution in [0.3, 0.4) is 0 Å². The largest absolute Gasteiger partial charge is 0.393 e. The summed E-state index contributed by atoms with van der Waals surface area (Å²) >= 11 is 0. The zero-order valence-corrected chi connectivity index (χ0v) is 21.5. The van der Waals surface area contributed by atoms with Crippen molar-refractivity contribution in [1.29, 1.82) is 0 Å². The Bertz CT molecular complexity index is 1140. The Kier molecular flexibility index (Phi) is 8.94. The van der Waals surface area contributed by atoms with Crippen LogP contribution >= 0.6 is 0 Å². The topological polar surface area (TPSA) is 91.0 Å². The summed E-state index contributed by atoms with van der Waals surface area (Å²) in [6, 6.07) is 8.71. The van der Waals surface area contributed by atoms with Crippen LogP contribution in [0.15, 0.2) is 58.8 Å². The van der Waals surface area contributed by atoms with E-state index in [1.54, 1.807) is 0 Å². The third-order valence-electron chi connectivity index (χ3n) is 7.37. The predicted molar refractivity (Wildman–Crippen MR) is 148 cm³/mol. The molecule has 0 radical (unpaired) electrons. The molecule has 1 saturated carbocycles. The average Bonchev–Trinajstić information content (AvgIpc) is 2.93. The molecule has 1 fully saturated rings. The van der Waals surface area contributed by atoms with Crippen molar-refractivity contribution in [2.45, 2.75) is 70.4 Å². The summed E-state index contributed by atoms with van der Waals surface area (Å²) in [6.45, 7) is 4.71. The first-order valence-electron chi connectivity index (χ1n) is 13.2. The molecule has 190 valence electrons. The fraction of sp³-hybridized carbons (Fsp3) is 0.467. The molecule has 1 aromatic carbocycles. The quantitative estimate of drug-likeness (QED) is 0.454. The van der Waals surface area contributed by atoms with E-state index in [1.807, 2.05) is 50.0 Å². The lowest BCUT2D eigenvalue weighted by molar-refractivity contribution is -0.0579. The highest BCUT2D eigenvalue weighted by Crippen LogP contribution is 2.34. The van der Waals surface area contributed by atoms with Gasteiger partial charge in [-0.1, -0.05) is 50.1 Å². The lowest BCUT2D eigenvalue weighted by atomic mass is 9.77. The molecule has 3 unspecified atom stereocenters. The van der Waals surface area contributed by atoms with Crippen LogP contribution in [0.1, 0.15) is 69.9 Å². The van der Waals surface area contributed by atoms with Gasteiger partial charge in [-0.05, 0) is 67.7 Å². The number of hydrogen-bond donors (Lipinski definition) is 2. The molecular formula is C30H38N4O2. The van der Waals surface area contributed by atoms with Crippen LogP contribution in [-0.4, -0.2) is 57.4 Å². The summed E-state index contributed by atoms with van der Waals surface area (Å²) in [7, 11) is 0. The maximum absolute atomic E-state index is 10.4. The van der Waals surface area contributed by atoms with Gasteiger partial charge in [-0.2, -0.15) is 0 Å². The third kappa shape index (κ3) is 6.62. The Morgan fingerprint density at radius 2 is 2.03 bits per heavy atom. The van der Waals surface area contributed by atoms with E-state index in [1.165, 1.54) is 0 Å². The fourth-order valence-electron chi connectivity index (χ4n) is 5.08. The van der Waals surface area contributed by atoms with Crippen molar-refractivity contribution in [2.75, 3.05) is 13.2 Å². The second-order valence-corrected chi connectivity index (χ2v) is 10.0. The molecule has 36 heavy (non-hydrogen) atoms. The van der Waals surface area contributed by atoms with E-state index in [9.17, 15) is 10.2 Å². The maximum atomic E-state index is 10.4. The van der Waals surface area contributed by atoms with Gasteiger partial charge in [0.05, 0.1) is 18.2 Å². The molecule has 3 atom stereocenters. The number of dihydropyridines is 1. The number of nitrogens with zero attached hydrogens (tertiary/aromatic N) is 4. The van der Waals surface area contributed by atoms with Gasteiger partial charge in [0.1, 0.15) is 0 Å². The molecule has 0 spiro atoms. The molecule has 4 rings (SSSR count). The minimum absolute atomic E-state index is 0.152. The Labute approximate surface area is 214 Å². The molecule has 6 heteroatoms. The molecule has 2 N–H and O–H groups in total. The third-order valence-corrected chi connectivity index (χ3v) is 7.37. The Morgan fingerprint density at radius 3 is 2.72 bits per heavy atom. The summed E-state index contributed by atoms with van der Waals surface area (Å²) in [6.07, 6.45) is 18.2. The Morgan fingerprint density at radius 1 is 1.22 bits per heavy atom. The van der Waals surface area contributed by atoms with E-state index in [0.717, 1.165) is 59.9 Å². The maximum Gasteiger partial charge on any atom is 0.159 e. The van der Waals surface area contributed by atoms with Gasteiger partial charge < -0.3 is 10.2 Å². The number of allylic oxidation sites excluding steroid dienone is 3. The van der Waals surface area contributed by atoms with Crippen molar-refractivity contribution in [3.8, 4) is 11.4 Å². The zero-order valence-electron chi connectivity index (χ0n) is 21.5. The zero-order chi connectivity index (χ0) is 25.4. The van der Waals surface area contributed by atoms with Crippen molar-refractivity contribution in [3.05, 3.63) is 59.9 Å². The first kappa shape index (κ1) is 26.1. The van der Waals surface area contributed by atoms with Crippen molar-refractivity contribution >= 4 is 23.6 Å². The van der Waals surface area contributed by atoms with Gasteiger partial charge in [-0.3, -0.25) is 9.98 Å². The van der Waals surface area contributed by atoms with E-state index in [4.69, 9.17) is 0 Å². The van der Waals surface area contributed by atoms with Gasteiger partial charge >= 0.3 is 0 Å². The molecule has 2 heterocycles. The number of aliphatic imine (C=N–C) groups is 2. The van der Waals surface area contributed by atoms with Crippen LogP contribution in [-0.2, 0) is 0 Å². The predicted octanol–water partition coefficient (Wildman–Crippen LogP) is 5.56. The highest BCUT2D eigenvalue weighted by molar-refractivity contribution is 6.11. The van der Waals surface area contributed by atoms with E-state index < -0.39 is 5.60 Å². The molecule has 6 nitrogen and oxygen atoms in total. The van der Waals surface area contributed by atoms with Gasteiger partial charge in [-0.25, -0.2) is 9.97 Å². The van der Waals surface area contributed by atoms with Crippen LogP contribution in [0.5, 0.6) is 0 Å². The van der Waals surface area contributed by atoms with Gasteiger partial charge in [-0.15, -0.1) is 0 Å². The van der Waals surface area contributed by atoms with Gasteiger partial charge in [0.25, 0.3) is 0 Å². The van der Waals surface area contributed by atoms with E-state index in [0.29, 0.717) is 37.2 Å². The van der Waals surface area contributed by atoms with Crippen molar-refractivity contribution in [3.63, 3.8) is 0 Å². The molecule has 1 aliphatic carbocycles. The second-order valence-electron chi connectivity index (χ2n) is 10.0. The molecular weight excluding hydrogens is 448 g/mol. The van der Waals surface area contributed by atoms with Crippen molar-refractivity contribution in [1.82, 2.24) is 9.97 Å². The summed E-state index contributed by atoms with van der Waals surface area (Å²) in [5, 5.41) is 19.8. The normalized spacial score (nSPS) is 24.8. The molecule has 1 aliphatic heterocycles. The Balaban J connectivity index is 1.37. The first-order chi connectivity index (χ1) is 17.5. The number of rotatable bonds is 9. The molecule has 2 aliphatic rings. The van der Waals surface area contributed by atoms with Crippen LogP contribution < -0.4 is 0 Å². The Hall–Kier alpha value is -2.96. The summed E-state index contributed by atoms with van der Waals surface area (Å²) in [5.74, 6) is 1.10. The lowest BCUT2D eigenvalue weighted by Crippen LogP contribution is -2.38. The summed E-state index contributed by atoms with van der Waals surface area (Å²) in [4.78, 5) is 18.6. The SMILES string of the molecule is C/C=C(\C=NCCC1CCCC(O)(CO)C1)c1cnc(-c2cccc(C3=CCC(CC)N=C3)c2)nc1. The fourth-order valence-corrected chi connectivity index (χ4v) is 5.08. The summed E-state index contributed by atoms with van der Waals surface area (Å²) < 4.78 is 0. The monoisotopic (exact) mass is 486 g/mol. The van der Waals surface area contributed by atoms with Crippen LogP contribution in [0.25, 0.3) is 22.5 Å². The highest BCUT2D eigenvalue weighted by atomic mass is 16.3. The van der Waals surface area contributed by atoms with Crippen LogP contribution in [0.4, 0.5) is 0 Å². The van der Waals surface area contributed by atoms with E-state index in [2.05, 4.69) is 45.1 Å². The van der Waals surface area contributed by atoms with Gasteiger partial charge in [0.2, 0.25) is 0 Å². The van der Waals surface area contributed by atoms with Gasteiger partial charge in [0, 0.05) is 42.5 Å². The smallest absolute Gasteiger partial charge is 0.159 e. The number of benzene rings is 1. The molecule has 0 amide bonds. The number of aliphatic hydroxyl groups is 2. The van der Waals surface area contributed by atoms with Crippen LogP contribution in [0, 0.1) is 5.92 Å². The first-order valence-corrected chi connectivity index (χ1v) is 13.2. The second kappa shape index (κ2) is 12.3. The molecule has 0 bridgehead atoms. The van der Waals surface area contributed by atoms with Gasteiger partial charge in [0.15, 0.2) is 5.82 Å². The lowest BCUT2D eigenvalue weighted by Gasteiger charge is -2.35. The standard InChI is InChI=1S/C30H38N4O2/c1-3-23(17-31-14-12-22-7-6-13-30(36,16-22)21-35)27-19-33-29(34-20-27)25-9-5-8-24(15-25)26-10-11-28(4-2)32-18-26/h3,5,8-10,15,17-20,22,28,35-36H,4,6-7,11-14,16,21H2,1-2H3/b23-3+,31-17?. The summed E-state index contributed by atoms with van der Waals surface area (Å²) in [5.41, 5.74) is 4.28. The molecule has 0 saturated heterocycles. The number of aromatic nitrogens is 2. The number of hydrogen-bond acceptors (Lipinski definition) is 6. The minimum Gasteiger partial charge on any atom is -0.393 e. The average molecular weight is 487 g/mol. The minimum atomic E-state index is -0.904. The number of aliphatic hydroxyl groups excluding tert-OH is 1. The van der Waals surface area contributed by atoms with Crippen molar-refractivity contribution in [2.24, 2.45) is 15.9 Å². The van der Waals surface area contributed by atoms with E-state index >= 15 is 0 Å². The van der Waals surface area contributed by atoms with Crippen molar-refractivity contribution < 1.29 is 10.2 Å². The van der Waals surface area contributed by atoms with E-state index in [-0.39, 0.29) is 6.61 Å². The van der Waals surface area contributed by atoms with Crippen LogP contribution in [0.2, 0.25) is 0 Å².